The lowest BCUT2D eigenvalue weighted by molar-refractivity contribution is -0.141. The molecule has 1 heterocycles. The van der Waals surface area contributed by atoms with E-state index in [0.717, 1.165) is 6.07 Å². The van der Waals surface area contributed by atoms with Gasteiger partial charge in [-0.05, 0) is 19.1 Å². The Morgan fingerprint density at radius 2 is 2.00 bits per heavy atom. The quantitative estimate of drug-likeness (QED) is 0.763. The molecule has 1 rings (SSSR count). The molecule has 4 N–H and O–H groups in total. The highest BCUT2D eigenvalue weighted by atomic mass is 19.4. The van der Waals surface area contributed by atoms with E-state index in [9.17, 15) is 22.8 Å². The van der Waals surface area contributed by atoms with Crippen LogP contribution in [0.5, 0.6) is 0 Å². The van der Waals surface area contributed by atoms with Crippen molar-refractivity contribution in [3.8, 4) is 0 Å². The van der Waals surface area contributed by atoms with Gasteiger partial charge in [0.15, 0.2) is 0 Å². The number of amides is 1. The molecule has 1 amide bonds. The molecule has 0 aliphatic rings. The minimum absolute atomic E-state index is 0.318. The number of carbonyl (C=O) groups excluding carboxylic acids is 1. The molecule has 1 unspecified atom stereocenters. The first kappa shape index (κ1) is 14.7. The summed E-state index contributed by atoms with van der Waals surface area (Å²) in [5, 5.41) is 10.9. The topological polar surface area (TPSA) is 105 Å². The van der Waals surface area contributed by atoms with E-state index in [1.165, 1.54) is 6.92 Å². The number of nitrogens with zero attached hydrogens (tertiary/aromatic N) is 1. The normalized spacial score (nSPS) is 12.8. The number of nitrogens with one attached hydrogen (secondary N) is 1. The maximum absolute atomic E-state index is 12.5. The van der Waals surface area contributed by atoms with Crippen LogP contribution in [-0.4, -0.2) is 28.0 Å². The molecule has 1 aromatic rings. The molecule has 0 fully saturated rings. The van der Waals surface area contributed by atoms with Crippen molar-refractivity contribution < 1.29 is 27.9 Å². The van der Waals surface area contributed by atoms with E-state index in [1.54, 1.807) is 0 Å². The van der Waals surface area contributed by atoms with Gasteiger partial charge in [0.25, 0.3) is 5.91 Å². The van der Waals surface area contributed by atoms with Gasteiger partial charge in [-0.15, -0.1) is 0 Å². The lowest BCUT2D eigenvalue weighted by atomic mass is 10.2. The van der Waals surface area contributed by atoms with E-state index < -0.39 is 35.6 Å². The molecule has 19 heavy (non-hydrogen) atoms. The number of carboxylic acids is 1. The second kappa shape index (κ2) is 5.12. The van der Waals surface area contributed by atoms with Crippen molar-refractivity contribution >= 4 is 17.7 Å². The SMILES string of the molecule is CC(Nc1nc(C(F)(F)F)ccc1C(N)=O)C(=O)O. The fourth-order valence-corrected chi connectivity index (χ4v) is 1.19. The summed E-state index contributed by atoms with van der Waals surface area (Å²) in [6.07, 6.45) is -4.71. The molecule has 0 radical (unpaired) electrons. The van der Waals surface area contributed by atoms with Gasteiger partial charge in [0.2, 0.25) is 0 Å². The van der Waals surface area contributed by atoms with Crippen LogP contribution in [0.3, 0.4) is 0 Å². The summed E-state index contributed by atoms with van der Waals surface area (Å²) in [4.78, 5) is 24.9. The number of halogens is 3. The number of nitrogens with two attached hydrogens (primary N) is 1. The van der Waals surface area contributed by atoms with Crippen LogP contribution in [0.25, 0.3) is 0 Å². The number of rotatable bonds is 4. The summed E-state index contributed by atoms with van der Waals surface area (Å²) < 4.78 is 37.4. The Morgan fingerprint density at radius 3 is 2.42 bits per heavy atom. The van der Waals surface area contributed by atoms with E-state index in [2.05, 4.69) is 10.3 Å². The highest BCUT2D eigenvalue weighted by Crippen LogP contribution is 2.29. The smallest absolute Gasteiger partial charge is 0.433 e. The van der Waals surface area contributed by atoms with Crippen LogP contribution in [0.1, 0.15) is 23.0 Å². The standard InChI is InChI=1S/C10H10F3N3O3/c1-4(9(18)19)15-8-5(7(14)17)2-3-6(16-8)10(11,12)13/h2-4H,1H3,(H2,14,17)(H,15,16)(H,18,19). The van der Waals surface area contributed by atoms with Crippen LogP contribution in [0.4, 0.5) is 19.0 Å². The van der Waals surface area contributed by atoms with Crippen molar-refractivity contribution in [3.63, 3.8) is 0 Å². The molecule has 0 saturated carbocycles. The van der Waals surface area contributed by atoms with Gasteiger partial charge in [-0.1, -0.05) is 0 Å². The molecule has 0 aliphatic heterocycles. The first-order valence-corrected chi connectivity index (χ1v) is 5.00. The van der Waals surface area contributed by atoms with Gasteiger partial charge in [-0.2, -0.15) is 13.2 Å². The Labute approximate surface area is 105 Å². The summed E-state index contributed by atoms with van der Waals surface area (Å²) >= 11 is 0. The van der Waals surface area contributed by atoms with Crippen molar-refractivity contribution in [1.29, 1.82) is 0 Å². The van der Waals surface area contributed by atoms with Gasteiger partial charge in [0.1, 0.15) is 17.6 Å². The third-order valence-electron chi connectivity index (χ3n) is 2.17. The first-order valence-electron chi connectivity index (χ1n) is 5.00. The molecule has 9 heteroatoms. The maximum Gasteiger partial charge on any atom is 0.433 e. The zero-order chi connectivity index (χ0) is 14.8. The molecular weight excluding hydrogens is 267 g/mol. The highest BCUT2D eigenvalue weighted by molar-refractivity contribution is 5.98. The van der Waals surface area contributed by atoms with Gasteiger partial charge < -0.3 is 16.2 Å². The molecule has 0 spiro atoms. The molecule has 0 aromatic carbocycles. The Kier molecular flexibility index (Phi) is 3.98. The number of carboxylic acid groups (broad SMARTS) is 1. The molecule has 104 valence electrons. The van der Waals surface area contributed by atoms with Crippen LogP contribution < -0.4 is 11.1 Å². The number of aliphatic carboxylic acids is 1. The first-order chi connectivity index (χ1) is 8.62. The van der Waals surface area contributed by atoms with Crippen molar-refractivity contribution in [2.45, 2.75) is 19.1 Å². The highest BCUT2D eigenvalue weighted by Gasteiger charge is 2.33. The molecule has 1 aromatic heterocycles. The van der Waals surface area contributed by atoms with E-state index >= 15 is 0 Å². The molecule has 1 atom stereocenters. The summed E-state index contributed by atoms with van der Waals surface area (Å²) in [5.74, 6) is -2.84. The summed E-state index contributed by atoms with van der Waals surface area (Å²) in [5.41, 5.74) is 3.41. The maximum atomic E-state index is 12.5. The van der Waals surface area contributed by atoms with Crippen LogP contribution in [0, 0.1) is 0 Å². The minimum Gasteiger partial charge on any atom is -0.480 e. The fourth-order valence-electron chi connectivity index (χ4n) is 1.19. The summed E-state index contributed by atoms with van der Waals surface area (Å²) in [7, 11) is 0. The molecule has 6 nitrogen and oxygen atoms in total. The predicted octanol–water partition coefficient (Wildman–Crippen LogP) is 1.08. The predicted molar refractivity (Wildman–Crippen MR) is 58.5 cm³/mol. The number of hydrogen-bond donors (Lipinski definition) is 3. The van der Waals surface area contributed by atoms with Crippen molar-refractivity contribution in [2.24, 2.45) is 5.73 Å². The van der Waals surface area contributed by atoms with Crippen LogP contribution in [0.2, 0.25) is 0 Å². The van der Waals surface area contributed by atoms with E-state index in [4.69, 9.17) is 10.8 Å². The second-order valence-corrected chi connectivity index (χ2v) is 3.66. The average Bonchev–Trinajstić information content (AvgIpc) is 2.27. The van der Waals surface area contributed by atoms with E-state index in [1.807, 2.05) is 0 Å². The number of pyridine rings is 1. The molecule has 0 bridgehead atoms. The van der Waals surface area contributed by atoms with Crippen molar-refractivity contribution in [3.05, 3.63) is 23.4 Å². The number of alkyl halides is 3. The van der Waals surface area contributed by atoms with Crippen LogP contribution >= 0.6 is 0 Å². The number of hydrogen-bond acceptors (Lipinski definition) is 4. The Hall–Kier alpha value is -2.32. The Bertz CT molecular complexity index is 516. The van der Waals surface area contributed by atoms with Crippen molar-refractivity contribution in [1.82, 2.24) is 4.98 Å². The number of carbonyl (C=O) groups is 2. The Balaban J connectivity index is 3.23. The number of primary amides is 1. The van der Waals surface area contributed by atoms with E-state index in [-0.39, 0.29) is 5.56 Å². The number of aromatic nitrogens is 1. The van der Waals surface area contributed by atoms with Gasteiger partial charge >= 0.3 is 12.1 Å². The lowest BCUT2D eigenvalue weighted by Gasteiger charge is -2.14. The minimum atomic E-state index is -4.71. The fraction of sp³-hybridized carbons (Fsp3) is 0.300. The monoisotopic (exact) mass is 277 g/mol. The van der Waals surface area contributed by atoms with Gasteiger partial charge in [-0.3, -0.25) is 9.59 Å². The van der Waals surface area contributed by atoms with Crippen molar-refractivity contribution in [2.75, 3.05) is 5.32 Å². The third kappa shape index (κ3) is 3.57. The summed E-state index contributed by atoms with van der Waals surface area (Å²) in [6.45, 7) is 1.19. The number of anilines is 1. The second-order valence-electron chi connectivity index (χ2n) is 3.66. The molecule has 0 aliphatic carbocycles. The van der Waals surface area contributed by atoms with E-state index in [0.29, 0.717) is 6.07 Å². The third-order valence-corrected chi connectivity index (χ3v) is 2.17. The van der Waals surface area contributed by atoms with Crippen LogP contribution in [0.15, 0.2) is 12.1 Å². The molecular formula is C10H10F3N3O3. The lowest BCUT2D eigenvalue weighted by Crippen LogP contribution is -2.28. The van der Waals surface area contributed by atoms with Gasteiger partial charge in [0, 0.05) is 0 Å². The Morgan fingerprint density at radius 1 is 1.42 bits per heavy atom. The zero-order valence-corrected chi connectivity index (χ0v) is 9.65. The largest absolute Gasteiger partial charge is 0.480 e. The summed E-state index contributed by atoms with van der Waals surface area (Å²) in [6, 6.07) is 0.209. The van der Waals surface area contributed by atoms with Gasteiger partial charge in [-0.25, -0.2) is 4.98 Å². The molecule has 0 saturated heterocycles. The zero-order valence-electron chi connectivity index (χ0n) is 9.65. The van der Waals surface area contributed by atoms with Gasteiger partial charge in [0.05, 0.1) is 5.56 Å². The average molecular weight is 277 g/mol. The van der Waals surface area contributed by atoms with Crippen LogP contribution in [-0.2, 0) is 11.0 Å².